The van der Waals surface area contributed by atoms with Crippen molar-refractivity contribution in [3.63, 3.8) is 0 Å². The molecule has 0 atom stereocenters. The first-order chi connectivity index (χ1) is 13.2. The van der Waals surface area contributed by atoms with Crippen molar-refractivity contribution in [2.24, 2.45) is 5.92 Å². The van der Waals surface area contributed by atoms with Gasteiger partial charge in [0.15, 0.2) is 0 Å². The molecule has 3 rings (SSSR count). The summed E-state index contributed by atoms with van der Waals surface area (Å²) in [6.45, 7) is 4.39. The van der Waals surface area contributed by atoms with Crippen molar-refractivity contribution in [2.45, 2.75) is 39.0 Å². The van der Waals surface area contributed by atoms with Crippen molar-refractivity contribution in [1.29, 1.82) is 0 Å². The van der Waals surface area contributed by atoms with Crippen LogP contribution in [0.5, 0.6) is 5.75 Å². The number of aromatic nitrogens is 1. The molecule has 1 aromatic heterocycles. The van der Waals surface area contributed by atoms with Gasteiger partial charge in [0.1, 0.15) is 12.0 Å². The van der Waals surface area contributed by atoms with Gasteiger partial charge in [0.2, 0.25) is 11.8 Å². The van der Waals surface area contributed by atoms with E-state index in [-0.39, 0.29) is 12.3 Å². The molecule has 146 valence electrons. The van der Waals surface area contributed by atoms with E-state index in [4.69, 9.17) is 20.8 Å². The number of carbonyl (C=O) groups excluding carboxylic acids is 1. The second-order valence-corrected chi connectivity index (χ2v) is 7.40. The summed E-state index contributed by atoms with van der Waals surface area (Å²) in [5.74, 6) is 2.73. The fourth-order valence-electron chi connectivity index (χ4n) is 2.93. The highest BCUT2D eigenvalue weighted by Gasteiger charge is 2.26. The third kappa shape index (κ3) is 5.99. The topological polar surface area (TPSA) is 55.6 Å². The molecule has 0 aliphatic heterocycles. The van der Waals surface area contributed by atoms with Crippen LogP contribution in [0.1, 0.15) is 38.3 Å². The van der Waals surface area contributed by atoms with Crippen molar-refractivity contribution in [2.75, 3.05) is 25.6 Å². The van der Waals surface area contributed by atoms with Gasteiger partial charge in [-0.05, 0) is 55.9 Å². The molecule has 5 nitrogen and oxygen atoms in total. The highest BCUT2D eigenvalue weighted by atomic mass is 35.5. The van der Waals surface area contributed by atoms with Crippen molar-refractivity contribution < 1.29 is 13.9 Å². The number of amides is 1. The van der Waals surface area contributed by atoms with Gasteiger partial charge in [-0.15, -0.1) is 11.6 Å². The van der Waals surface area contributed by atoms with Crippen LogP contribution in [-0.2, 0) is 11.2 Å². The quantitative estimate of drug-likeness (QED) is 0.417. The minimum atomic E-state index is 0.131. The lowest BCUT2D eigenvalue weighted by molar-refractivity contribution is -0.130. The SMILES string of the molecule is CCCN(CC1CC1)C(=O)Cc1coc(-c2ccc(OCCCCl)cc2)n1. The average Bonchev–Trinajstić information content (AvgIpc) is 3.38. The van der Waals surface area contributed by atoms with Gasteiger partial charge in [-0.3, -0.25) is 4.79 Å². The molecule has 0 bridgehead atoms. The Balaban J connectivity index is 1.57. The summed E-state index contributed by atoms with van der Waals surface area (Å²) in [7, 11) is 0. The summed E-state index contributed by atoms with van der Waals surface area (Å²) in [4.78, 5) is 19.1. The number of rotatable bonds is 11. The normalized spacial score (nSPS) is 13.6. The number of ether oxygens (including phenoxy) is 1. The van der Waals surface area contributed by atoms with Gasteiger partial charge in [0.05, 0.1) is 18.7 Å². The molecule has 0 radical (unpaired) electrons. The van der Waals surface area contributed by atoms with Crippen LogP contribution in [0, 0.1) is 5.92 Å². The fraction of sp³-hybridized carbons (Fsp3) is 0.524. The fourth-order valence-corrected chi connectivity index (χ4v) is 3.03. The number of benzene rings is 1. The zero-order chi connectivity index (χ0) is 19.1. The van der Waals surface area contributed by atoms with Crippen LogP contribution in [-0.4, -0.2) is 41.4 Å². The molecule has 6 heteroatoms. The van der Waals surface area contributed by atoms with Crippen molar-refractivity contribution in [1.82, 2.24) is 9.88 Å². The third-order valence-corrected chi connectivity index (χ3v) is 4.82. The second-order valence-electron chi connectivity index (χ2n) is 7.02. The Bertz CT molecular complexity index is 725. The Labute approximate surface area is 165 Å². The zero-order valence-electron chi connectivity index (χ0n) is 15.8. The van der Waals surface area contributed by atoms with Crippen molar-refractivity contribution in [3.05, 3.63) is 36.2 Å². The molecule has 0 saturated heterocycles. The van der Waals surface area contributed by atoms with E-state index in [1.807, 2.05) is 29.2 Å². The number of hydrogen-bond donors (Lipinski definition) is 0. The molecular formula is C21H27ClN2O3. The first-order valence-corrected chi connectivity index (χ1v) is 10.2. The zero-order valence-corrected chi connectivity index (χ0v) is 16.6. The number of halogens is 1. The Kier molecular flexibility index (Phi) is 7.16. The summed E-state index contributed by atoms with van der Waals surface area (Å²) in [6, 6.07) is 7.59. The van der Waals surface area contributed by atoms with Gasteiger partial charge >= 0.3 is 0 Å². The number of alkyl halides is 1. The summed E-state index contributed by atoms with van der Waals surface area (Å²) >= 11 is 5.65. The summed E-state index contributed by atoms with van der Waals surface area (Å²) < 4.78 is 11.2. The number of carbonyl (C=O) groups is 1. The Morgan fingerprint density at radius 3 is 2.78 bits per heavy atom. The Morgan fingerprint density at radius 2 is 2.11 bits per heavy atom. The van der Waals surface area contributed by atoms with Crippen LogP contribution in [0.15, 0.2) is 34.9 Å². The molecule has 1 heterocycles. The molecule has 0 unspecified atom stereocenters. The molecular weight excluding hydrogens is 364 g/mol. The van der Waals surface area contributed by atoms with E-state index in [1.165, 1.54) is 12.8 Å². The largest absolute Gasteiger partial charge is 0.494 e. The van der Waals surface area contributed by atoms with E-state index in [1.54, 1.807) is 6.26 Å². The summed E-state index contributed by atoms with van der Waals surface area (Å²) in [6.07, 6.45) is 6.15. The van der Waals surface area contributed by atoms with E-state index in [0.717, 1.165) is 37.2 Å². The maximum Gasteiger partial charge on any atom is 0.228 e. The van der Waals surface area contributed by atoms with Crippen LogP contribution in [0.3, 0.4) is 0 Å². The van der Waals surface area contributed by atoms with Gasteiger partial charge < -0.3 is 14.1 Å². The predicted octanol–water partition coefficient (Wildman–Crippen LogP) is 4.54. The standard InChI is InChI=1S/C21H27ClN2O3/c1-2-11-24(14-16-4-5-16)20(25)13-18-15-27-21(23-18)17-6-8-19(9-7-17)26-12-3-10-22/h6-9,15-16H,2-5,10-14H2,1H3. The van der Waals surface area contributed by atoms with E-state index >= 15 is 0 Å². The van der Waals surface area contributed by atoms with Crippen LogP contribution >= 0.6 is 11.6 Å². The number of oxazole rings is 1. The lowest BCUT2D eigenvalue weighted by atomic mass is 10.2. The summed E-state index contributed by atoms with van der Waals surface area (Å²) in [5.41, 5.74) is 1.54. The minimum absolute atomic E-state index is 0.131. The van der Waals surface area contributed by atoms with E-state index in [9.17, 15) is 4.79 Å². The van der Waals surface area contributed by atoms with Crippen LogP contribution in [0.25, 0.3) is 11.5 Å². The smallest absolute Gasteiger partial charge is 0.228 e. The first-order valence-electron chi connectivity index (χ1n) is 9.71. The van der Waals surface area contributed by atoms with Crippen LogP contribution in [0.2, 0.25) is 0 Å². The van der Waals surface area contributed by atoms with Crippen LogP contribution < -0.4 is 4.74 Å². The van der Waals surface area contributed by atoms with E-state index < -0.39 is 0 Å². The highest BCUT2D eigenvalue weighted by Crippen LogP contribution is 2.30. The molecule has 1 aromatic carbocycles. The molecule has 1 amide bonds. The van der Waals surface area contributed by atoms with Gasteiger partial charge in [0.25, 0.3) is 0 Å². The van der Waals surface area contributed by atoms with Crippen molar-refractivity contribution >= 4 is 17.5 Å². The monoisotopic (exact) mass is 390 g/mol. The van der Waals surface area contributed by atoms with E-state index in [2.05, 4.69) is 11.9 Å². The number of hydrogen-bond acceptors (Lipinski definition) is 4. The van der Waals surface area contributed by atoms with E-state index in [0.29, 0.717) is 30.0 Å². The molecule has 0 N–H and O–H groups in total. The average molecular weight is 391 g/mol. The molecule has 1 saturated carbocycles. The summed E-state index contributed by atoms with van der Waals surface area (Å²) in [5, 5.41) is 0. The lowest BCUT2D eigenvalue weighted by Gasteiger charge is -2.21. The van der Waals surface area contributed by atoms with Crippen LogP contribution in [0.4, 0.5) is 0 Å². The molecule has 0 spiro atoms. The minimum Gasteiger partial charge on any atom is -0.494 e. The number of nitrogens with zero attached hydrogens (tertiary/aromatic N) is 2. The molecule has 1 fully saturated rings. The third-order valence-electron chi connectivity index (χ3n) is 4.55. The second kappa shape index (κ2) is 9.79. The first kappa shape index (κ1) is 19.7. The van der Waals surface area contributed by atoms with Gasteiger partial charge in [-0.2, -0.15) is 0 Å². The van der Waals surface area contributed by atoms with Gasteiger partial charge in [-0.1, -0.05) is 6.92 Å². The van der Waals surface area contributed by atoms with Gasteiger partial charge in [0, 0.05) is 24.5 Å². The van der Waals surface area contributed by atoms with Gasteiger partial charge in [-0.25, -0.2) is 4.98 Å². The molecule has 1 aliphatic rings. The molecule has 27 heavy (non-hydrogen) atoms. The lowest BCUT2D eigenvalue weighted by Crippen LogP contribution is -2.34. The maximum atomic E-state index is 12.6. The highest BCUT2D eigenvalue weighted by molar-refractivity contribution is 6.17. The Hall–Kier alpha value is -2.01. The predicted molar refractivity (Wildman–Crippen MR) is 106 cm³/mol. The Morgan fingerprint density at radius 1 is 1.33 bits per heavy atom. The van der Waals surface area contributed by atoms with Crippen molar-refractivity contribution in [3.8, 4) is 17.2 Å². The molecule has 2 aromatic rings. The molecule has 1 aliphatic carbocycles. The maximum absolute atomic E-state index is 12.6.